The van der Waals surface area contributed by atoms with Crippen molar-refractivity contribution in [1.82, 2.24) is 24.2 Å². The van der Waals surface area contributed by atoms with E-state index in [-0.39, 0.29) is 46.5 Å². The molecule has 2 aliphatic rings. The van der Waals surface area contributed by atoms with Crippen molar-refractivity contribution in [3.05, 3.63) is 75.3 Å². The Morgan fingerprint density at radius 2 is 2.00 bits per heavy atom. The minimum absolute atomic E-state index is 0.000444. The van der Waals surface area contributed by atoms with Crippen LogP contribution in [0.5, 0.6) is 5.75 Å². The molecule has 9 nitrogen and oxygen atoms in total. The molecule has 0 N–H and O–H groups in total. The lowest BCUT2D eigenvalue weighted by atomic mass is 9.94. The van der Waals surface area contributed by atoms with Gasteiger partial charge in [0.25, 0.3) is 0 Å². The Bertz CT molecular complexity index is 1850. The number of hydrogen-bond acceptors (Lipinski definition) is 6. The van der Waals surface area contributed by atoms with Gasteiger partial charge in [-0.05, 0) is 45.9 Å². The van der Waals surface area contributed by atoms with Gasteiger partial charge in [-0.3, -0.25) is 4.79 Å². The Balaban J connectivity index is 1.69. The predicted octanol–water partition coefficient (Wildman–Crippen LogP) is 5.19. The van der Waals surface area contributed by atoms with Gasteiger partial charge in [0.1, 0.15) is 23.8 Å². The zero-order chi connectivity index (χ0) is 30.0. The number of amides is 1. The van der Waals surface area contributed by atoms with Gasteiger partial charge in [0, 0.05) is 59.4 Å². The molecular formula is C30H29ClF2N6O3. The number of anilines is 1. The monoisotopic (exact) mass is 594 g/mol. The van der Waals surface area contributed by atoms with Crippen LogP contribution in [-0.4, -0.2) is 55.8 Å². The summed E-state index contributed by atoms with van der Waals surface area (Å²) in [5.74, 6) is -1.24. The number of carbonyl (C=O) groups excluding carboxylic acids is 1. The Morgan fingerprint density at radius 1 is 1.24 bits per heavy atom. The molecule has 6 rings (SSSR count). The molecule has 0 aliphatic carbocycles. The number of nitrogens with zero attached hydrogens (tertiary/aromatic N) is 6. The van der Waals surface area contributed by atoms with E-state index < -0.39 is 17.3 Å². The molecule has 2 aromatic heterocycles. The van der Waals surface area contributed by atoms with Crippen LogP contribution in [0.3, 0.4) is 0 Å². The summed E-state index contributed by atoms with van der Waals surface area (Å²) in [5, 5.41) is 5.10. The van der Waals surface area contributed by atoms with Crippen LogP contribution in [0.25, 0.3) is 27.8 Å². The van der Waals surface area contributed by atoms with E-state index in [1.54, 1.807) is 21.8 Å². The molecule has 1 saturated heterocycles. The second-order valence-corrected chi connectivity index (χ2v) is 11.3. The molecule has 2 aromatic carbocycles. The molecule has 218 valence electrons. The lowest BCUT2D eigenvalue weighted by Gasteiger charge is -2.40. The molecule has 4 aromatic rings. The first-order chi connectivity index (χ1) is 20.0. The zero-order valence-corrected chi connectivity index (χ0v) is 24.4. The summed E-state index contributed by atoms with van der Waals surface area (Å²) < 4.78 is 39.2. The number of rotatable bonds is 4. The van der Waals surface area contributed by atoms with Gasteiger partial charge in [-0.2, -0.15) is 10.1 Å². The number of halogens is 3. The molecule has 0 saturated carbocycles. The van der Waals surface area contributed by atoms with Gasteiger partial charge in [0.05, 0.1) is 11.2 Å². The highest BCUT2D eigenvalue weighted by molar-refractivity contribution is 6.35. The Kier molecular flexibility index (Phi) is 6.80. The lowest BCUT2D eigenvalue weighted by molar-refractivity contribution is -0.126. The van der Waals surface area contributed by atoms with Gasteiger partial charge in [0.15, 0.2) is 17.4 Å². The van der Waals surface area contributed by atoms with E-state index >= 15 is 4.39 Å². The van der Waals surface area contributed by atoms with Crippen LogP contribution in [-0.2, 0) is 11.4 Å². The van der Waals surface area contributed by atoms with Gasteiger partial charge in [-0.15, -0.1) is 0 Å². The van der Waals surface area contributed by atoms with E-state index in [9.17, 15) is 14.0 Å². The van der Waals surface area contributed by atoms with E-state index in [0.717, 1.165) is 6.07 Å². The van der Waals surface area contributed by atoms with Crippen LogP contribution < -0.4 is 15.3 Å². The lowest BCUT2D eigenvalue weighted by Crippen LogP contribution is -2.54. The fraction of sp³-hybridized carbons (Fsp3) is 0.333. The van der Waals surface area contributed by atoms with E-state index in [1.165, 1.54) is 16.7 Å². The van der Waals surface area contributed by atoms with E-state index in [4.69, 9.17) is 16.3 Å². The van der Waals surface area contributed by atoms with Crippen molar-refractivity contribution in [3.63, 3.8) is 0 Å². The summed E-state index contributed by atoms with van der Waals surface area (Å²) in [6.45, 7) is 12.4. The van der Waals surface area contributed by atoms with Crippen molar-refractivity contribution >= 4 is 34.2 Å². The van der Waals surface area contributed by atoms with E-state index in [1.807, 2.05) is 32.6 Å². The van der Waals surface area contributed by atoms with Crippen molar-refractivity contribution in [3.8, 4) is 22.7 Å². The normalized spacial score (nSPS) is 16.4. The molecule has 0 bridgehead atoms. The van der Waals surface area contributed by atoms with Crippen molar-refractivity contribution < 1.29 is 18.3 Å². The third-order valence-electron chi connectivity index (χ3n) is 7.90. The molecular weight excluding hydrogens is 566 g/mol. The first-order valence-corrected chi connectivity index (χ1v) is 14.0. The summed E-state index contributed by atoms with van der Waals surface area (Å²) >= 11 is 6.85. The minimum atomic E-state index is -1.04. The largest absolute Gasteiger partial charge is 0.486 e. The average molecular weight is 595 g/mol. The zero-order valence-electron chi connectivity index (χ0n) is 23.6. The molecule has 0 unspecified atom stereocenters. The quantitative estimate of drug-likeness (QED) is 0.303. The summed E-state index contributed by atoms with van der Waals surface area (Å²) in [6.07, 6.45) is 2.94. The number of aromatic nitrogens is 4. The Hall–Kier alpha value is -4.25. The van der Waals surface area contributed by atoms with E-state index in [0.29, 0.717) is 53.3 Å². The molecule has 2 aliphatic heterocycles. The molecule has 12 heteroatoms. The number of aryl methyl sites for hydroxylation is 1. The van der Waals surface area contributed by atoms with Crippen LogP contribution in [0.1, 0.15) is 37.9 Å². The molecule has 4 heterocycles. The van der Waals surface area contributed by atoms with Gasteiger partial charge < -0.3 is 14.5 Å². The fourth-order valence-corrected chi connectivity index (χ4v) is 6.21. The smallest absolute Gasteiger partial charge is 0.355 e. The fourth-order valence-electron chi connectivity index (χ4n) is 5.93. The van der Waals surface area contributed by atoms with Crippen LogP contribution in [0.15, 0.2) is 41.8 Å². The topological polar surface area (TPSA) is 85.5 Å². The highest BCUT2D eigenvalue weighted by atomic mass is 35.5. The molecule has 42 heavy (non-hydrogen) atoms. The summed E-state index contributed by atoms with van der Waals surface area (Å²) in [7, 11) is 0. The maximum absolute atomic E-state index is 15.4. The van der Waals surface area contributed by atoms with Crippen LogP contribution in [0.4, 0.5) is 14.6 Å². The Morgan fingerprint density at radius 3 is 2.69 bits per heavy atom. The molecule has 1 atom stereocenters. The number of benzene rings is 2. The number of carbonyl (C=O) groups is 1. The van der Waals surface area contributed by atoms with Gasteiger partial charge in [-0.1, -0.05) is 24.2 Å². The molecule has 1 amide bonds. The van der Waals surface area contributed by atoms with Crippen molar-refractivity contribution in [2.75, 3.05) is 24.5 Å². The van der Waals surface area contributed by atoms with Crippen molar-refractivity contribution in [2.45, 2.75) is 46.4 Å². The SMILES string of the molecule is C=CC(=O)N1CCN(c2nc(=O)n(-c3c(C)cnn3C(C)C)c3c4c(c(Cl)cc23)-c2c(ccc(F)c2F)CO4)[C@@H](C)C1. The van der Waals surface area contributed by atoms with Crippen LogP contribution >= 0.6 is 11.6 Å². The number of fused-ring (bicyclic) bond motifs is 5. The second-order valence-electron chi connectivity index (χ2n) is 10.9. The minimum Gasteiger partial charge on any atom is -0.486 e. The molecule has 1 fully saturated rings. The summed E-state index contributed by atoms with van der Waals surface area (Å²) in [6, 6.07) is 3.82. The van der Waals surface area contributed by atoms with Crippen molar-refractivity contribution in [1.29, 1.82) is 0 Å². The highest BCUT2D eigenvalue weighted by Gasteiger charge is 2.34. The molecule has 0 radical (unpaired) electrons. The third-order valence-corrected chi connectivity index (χ3v) is 8.20. The Labute approximate surface area is 245 Å². The molecule has 0 spiro atoms. The van der Waals surface area contributed by atoms with Crippen molar-refractivity contribution in [2.24, 2.45) is 0 Å². The van der Waals surface area contributed by atoms with Crippen LogP contribution in [0.2, 0.25) is 5.02 Å². The van der Waals surface area contributed by atoms with Gasteiger partial charge in [-0.25, -0.2) is 22.8 Å². The first kappa shape index (κ1) is 27.9. The number of ether oxygens (including phenoxy) is 1. The number of piperazine rings is 1. The first-order valence-electron chi connectivity index (χ1n) is 13.6. The van der Waals surface area contributed by atoms with Crippen LogP contribution in [0, 0.1) is 18.6 Å². The maximum Gasteiger partial charge on any atom is 0.355 e. The average Bonchev–Trinajstić information content (AvgIpc) is 3.35. The van der Waals surface area contributed by atoms with Gasteiger partial charge in [0.2, 0.25) is 5.91 Å². The maximum atomic E-state index is 15.4. The van der Waals surface area contributed by atoms with E-state index in [2.05, 4.69) is 16.7 Å². The third kappa shape index (κ3) is 4.17. The standard InChI is InChI=1S/C30H29ClF2N6O3/c1-6-22(40)36-9-10-37(17(5)13-36)28-19-11-20(31)24-23-18(7-8-21(32)25(23)33)14-42-27(24)26(19)38(30(41)35-28)29-16(4)12-34-39(29)15(2)3/h6-8,11-12,15,17H,1,9-10,13-14H2,2-5H3/t17-/m0/s1. The summed E-state index contributed by atoms with van der Waals surface area (Å²) in [5.41, 5.74) is 1.03. The number of hydrogen-bond donors (Lipinski definition) is 0. The predicted molar refractivity (Wildman–Crippen MR) is 157 cm³/mol. The second kappa shape index (κ2) is 10.2. The van der Waals surface area contributed by atoms with Gasteiger partial charge >= 0.3 is 5.69 Å². The summed E-state index contributed by atoms with van der Waals surface area (Å²) in [4.78, 5) is 34.6. The highest BCUT2D eigenvalue weighted by Crippen LogP contribution is 2.49.